The predicted molar refractivity (Wildman–Crippen MR) is 129 cm³/mol. The SMILES string of the molecule is O=C(Nc1ccccc1-c1nc2ccccc2s1)C1CCCN(C(=O)c2ccc(F)cc2)C1. The van der Waals surface area contributed by atoms with Gasteiger partial charge in [0.2, 0.25) is 5.91 Å². The molecule has 3 aromatic carbocycles. The predicted octanol–water partition coefficient (Wildman–Crippen LogP) is 5.59. The number of aromatic nitrogens is 1. The Morgan fingerprint density at radius 1 is 1.00 bits per heavy atom. The lowest BCUT2D eigenvalue weighted by Gasteiger charge is -2.32. The molecule has 1 aromatic heterocycles. The van der Waals surface area contributed by atoms with Crippen LogP contribution in [0.1, 0.15) is 23.2 Å². The largest absolute Gasteiger partial charge is 0.338 e. The second-order valence-corrected chi connectivity index (χ2v) is 9.15. The Morgan fingerprint density at radius 3 is 2.58 bits per heavy atom. The van der Waals surface area contributed by atoms with E-state index >= 15 is 0 Å². The normalized spacial score (nSPS) is 16.0. The van der Waals surface area contributed by atoms with Gasteiger partial charge in [0.15, 0.2) is 0 Å². The number of hydrogen-bond acceptors (Lipinski definition) is 4. The third-order valence-corrected chi connectivity index (χ3v) is 6.95. The first-order valence-corrected chi connectivity index (χ1v) is 11.7. The molecule has 7 heteroatoms. The lowest BCUT2D eigenvalue weighted by molar-refractivity contribution is -0.121. The van der Waals surface area contributed by atoms with Gasteiger partial charge in [-0.05, 0) is 61.4 Å². The first-order chi connectivity index (χ1) is 16.1. The van der Waals surface area contributed by atoms with Gasteiger partial charge in [-0.3, -0.25) is 9.59 Å². The number of benzene rings is 3. The number of thiazole rings is 1. The van der Waals surface area contributed by atoms with Crippen LogP contribution in [0.25, 0.3) is 20.8 Å². The first kappa shape index (κ1) is 21.3. The number of nitrogens with one attached hydrogen (secondary N) is 1. The van der Waals surface area contributed by atoms with E-state index in [9.17, 15) is 14.0 Å². The summed E-state index contributed by atoms with van der Waals surface area (Å²) in [4.78, 5) is 32.4. The van der Waals surface area contributed by atoms with E-state index in [0.29, 0.717) is 30.8 Å². The molecule has 1 N–H and O–H groups in total. The number of likely N-dealkylation sites (tertiary alicyclic amines) is 1. The molecule has 4 aromatic rings. The van der Waals surface area contributed by atoms with E-state index in [-0.39, 0.29) is 23.5 Å². The molecule has 0 radical (unpaired) electrons. The average Bonchev–Trinajstić information content (AvgIpc) is 3.29. The van der Waals surface area contributed by atoms with Crippen LogP contribution in [-0.4, -0.2) is 34.8 Å². The van der Waals surface area contributed by atoms with Crippen LogP contribution >= 0.6 is 11.3 Å². The lowest BCUT2D eigenvalue weighted by Crippen LogP contribution is -2.43. The third kappa shape index (κ3) is 4.50. The lowest BCUT2D eigenvalue weighted by atomic mass is 9.96. The number of para-hydroxylation sites is 2. The van der Waals surface area contributed by atoms with Crippen molar-refractivity contribution in [3.63, 3.8) is 0 Å². The van der Waals surface area contributed by atoms with E-state index in [1.165, 1.54) is 24.3 Å². The number of rotatable bonds is 4. The van der Waals surface area contributed by atoms with E-state index in [0.717, 1.165) is 27.2 Å². The summed E-state index contributed by atoms with van der Waals surface area (Å²) in [5, 5.41) is 3.92. The minimum atomic E-state index is -0.380. The molecular weight excluding hydrogens is 437 g/mol. The highest BCUT2D eigenvalue weighted by atomic mass is 32.1. The second kappa shape index (κ2) is 9.11. The minimum absolute atomic E-state index is 0.111. The minimum Gasteiger partial charge on any atom is -0.338 e. The van der Waals surface area contributed by atoms with E-state index < -0.39 is 0 Å². The third-order valence-electron chi connectivity index (χ3n) is 5.88. The van der Waals surface area contributed by atoms with Gasteiger partial charge in [0.05, 0.1) is 21.8 Å². The maximum atomic E-state index is 13.2. The van der Waals surface area contributed by atoms with Crippen molar-refractivity contribution >= 4 is 39.1 Å². The molecule has 0 bridgehead atoms. The van der Waals surface area contributed by atoms with Gasteiger partial charge in [-0.2, -0.15) is 0 Å². The van der Waals surface area contributed by atoms with Gasteiger partial charge >= 0.3 is 0 Å². The van der Waals surface area contributed by atoms with Crippen LogP contribution < -0.4 is 5.32 Å². The number of anilines is 1. The van der Waals surface area contributed by atoms with E-state index in [1.54, 1.807) is 16.2 Å². The van der Waals surface area contributed by atoms with Gasteiger partial charge in [0, 0.05) is 24.2 Å². The summed E-state index contributed by atoms with van der Waals surface area (Å²) in [6.07, 6.45) is 1.45. The van der Waals surface area contributed by atoms with Crippen LogP contribution in [0.3, 0.4) is 0 Å². The van der Waals surface area contributed by atoms with Crippen molar-refractivity contribution in [1.82, 2.24) is 9.88 Å². The van der Waals surface area contributed by atoms with Gasteiger partial charge in [-0.1, -0.05) is 24.3 Å². The molecule has 0 saturated carbocycles. The van der Waals surface area contributed by atoms with Gasteiger partial charge in [0.25, 0.3) is 5.91 Å². The number of nitrogens with zero attached hydrogens (tertiary/aromatic N) is 2. The summed E-state index contributed by atoms with van der Waals surface area (Å²) < 4.78 is 14.3. The molecule has 0 aliphatic carbocycles. The van der Waals surface area contributed by atoms with Crippen LogP contribution in [0, 0.1) is 11.7 Å². The smallest absolute Gasteiger partial charge is 0.253 e. The fraction of sp³-hybridized carbons (Fsp3) is 0.192. The zero-order chi connectivity index (χ0) is 22.8. The Kier molecular flexibility index (Phi) is 5.88. The summed E-state index contributed by atoms with van der Waals surface area (Å²) in [7, 11) is 0. The van der Waals surface area contributed by atoms with Crippen LogP contribution in [0.5, 0.6) is 0 Å². The van der Waals surface area contributed by atoms with Gasteiger partial charge in [-0.25, -0.2) is 9.37 Å². The number of carbonyl (C=O) groups excluding carboxylic acids is 2. The number of hydrogen-bond donors (Lipinski definition) is 1. The van der Waals surface area contributed by atoms with Gasteiger partial charge in [-0.15, -0.1) is 11.3 Å². The van der Waals surface area contributed by atoms with E-state index in [2.05, 4.69) is 5.32 Å². The number of amides is 2. The van der Waals surface area contributed by atoms with Crippen molar-refractivity contribution in [2.24, 2.45) is 5.92 Å². The van der Waals surface area contributed by atoms with Crippen molar-refractivity contribution in [3.8, 4) is 10.6 Å². The molecular formula is C26H22FN3O2S. The monoisotopic (exact) mass is 459 g/mol. The number of carbonyl (C=O) groups is 2. The maximum Gasteiger partial charge on any atom is 0.253 e. The van der Waals surface area contributed by atoms with Crippen LogP contribution in [0.2, 0.25) is 0 Å². The fourth-order valence-electron chi connectivity index (χ4n) is 4.15. The van der Waals surface area contributed by atoms with Crippen molar-refractivity contribution in [2.45, 2.75) is 12.8 Å². The average molecular weight is 460 g/mol. The Bertz CT molecular complexity index is 1290. The molecule has 1 atom stereocenters. The highest BCUT2D eigenvalue weighted by molar-refractivity contribution is 7.21. The quantitative estimate of drug-likeness (QED) is 0.433. The standard InChI is InChI=1S/C26H22FN3O2S/c27-19-13-11-17(12-14-19)26(32)30-15-5-6-18(16-30)24(31)28-21-8-2-1-7-20(21)25-29-22-9-3-4-10-23(22)33-25/h1-4,7-14,18H,5-6,15-16H2,(H,28,31). The van der Waals surface area contributed by atoms with Crippen LogP contribution in [-0.2, 0) is 4.79 Å². The van der Waals surface area contributed by atoms with Crippen LogP contribution in [0.15, 0.2) is 72.8 Å². The maximum absolute atomic E-state index is 13.2. The molecule has 5 nitrogen and oxygen atoms in total. The topological polar surface area (TPSA) is 62.3 Å². The molecule has 1 aliphatic heterocycles. The Labute approximate surface area is 194 Å². The highest BCUT2D eigenvalue weighted by Crippen LogP contribution is 2.34. The van der Waals surface area contributed by atoms with Crippen molar-refractivity contribution in [1.29, 1.82) is 0 Å². The summed E-state index contributed by atoms with van der Waals surface area (Å²) >= 11 is 1.59. The Hall–Kier alpha value is -3.58. The number of fused-ring (bicyclic) bond motifs is 1. The molecule has 5 rings (SSSR count). The van der Waals surface area contributed by atoms with E-state index in [4.69, 9.17) is 4.98 Å². The molecule has 2 heterocycles. The summed E-state index contributed by atoms with van der Waals surface area (Å²) in [6.45, 7) is 0.924. The molecule has 0 spiro atoms. The fourth-order valence-corrected chi connectivity index (χ4v) is 5.16. The molecule has 1 unspecified atom stereocenters. The first-order valence-electron chi connectivity index (χ1n) is 10.9. The van der Waals surface area contributed by atoms with Crippen molar-refractivity contribution in [3.05, 3.63) is 84.2 Å². The second-order valence-electron chi connectivity index (χ2n) is 8.12. The van der Waals surface area contributed by atoms with E-state index in [1.807, 2.05) is 48.5 Å². The summed E-state index contributed by atoms with van der Waals surface area (Å²) in [5.41, 5.74) is 2.95. The van der Waals surface area contributed by atoms with Crippen LogP contribution in [0.4, 0.5) is 10.1 Å². The molecule has 166 valence electrons. The molecule has 33 heavy (non-hydrogen) atoms. The Balaban J connectivity index is 1.32. The molecule has 1 saturated heterocycles. The zero-order valence-corrected chi connectivity index (χ0v) is 18.6. The van der Waals surface area contributed by atoms with Crippen molar-refractivity contribution in [2.75, 3.05) is 18.4 Å². The summed E-state index contributed by atoms with van der Waals surface area (Å²) in [6, 6.07) is 21.1. The zero-order valence-electron chi connectivity index (χ0n) is 17.8. The highest BCUT2D eigenvalue weighted by Gasteiger charge is 2.29. The Morgan fingerprint density at radius 2 is 1.76 bits per heavy atom. The number of halogens is 1. The molecule has 1 fully saturated rings. The van der Waals surface area contributed by atoms with Crippen molar-refractivity contribution < 1.29 is 14.0 Å². The molecule has 1 aliphatic rings. The summed E-state index contributed by atoms with van der Waals surface area (Å²) in [5.74, 6) is -0.983. The number of piperidine rings is 1. The van der Waals surface area contributed by atoms with Gasteiger partial charge in [0.1, 0.15) is 10.8 Å². The van der Waals surface area contributed by atoms with Gasteiger partial charge < -0.3 is 10.2 Å². The molecule has 2 amide bonds.